The minimum Gasteiger partial charge on any atom is -0.482 e. The van der Waals surface area contributed by atoms with Crippen molar-refractivity contribution in [3.8, 4) is 5.75 Å². The number of carbonyl (C=O) groups excluding carboxylic acids is 1. The van der Waals surface area contributed by atoms with Gasteiger partial charge in [-0.05, 0) is 36.5 Å². The molecular formula is C14H19N3O2. The molecule has 1 saturated carbocycles. The Labute approximate surface area is 112 Å². The topological polar surface area (TPSA) is 81.6 Å². The molecule has 0 unspecified atom stereocenters. The molecular weight excluding hydrogens is 242 g/mol. The van der Waals surface area contributed by atoms with Crippen molar-refractivity contribution in [2.75, 3.05) is 18.1 Å². The van der Waals surface area contributed by atoms with Crippen LogP contribution < -0.4 is 21.1 Å². The van der Waals surface area contributed by atoms with Crippen LogP contribution in [0.15, 0.2) is 18.2 Å². The highest BCUT2D eigenvalue weighted by atomic mass is 16.5. The van der Waals surface area contributed by atoms with Crippen LogP contribution in [0.1, 0.15) is 18.4 Å². The second-order valence-electron chi connectivity index (χ2n) is 5.40. The van der Waals surface area contributed by atoms with Gasteiger partial charge < -0.3 is 21.1 Å². The standard InChI is InChI=1S/C14H19N3O2/c15-6-9-1-2-13-12(5-9)17(14(18)8-19-13)7-10-3-11(16)4-10/h1-2,5,10-11H,3-4,6-8,15-16H2. The molecule has 0 radical (unpaired) electrons. The van der Waals surface area contributed by atoms with Crippen LogP contribution in [-0.2, 0) is 11.3 Å². The van der Waals surface area contributed by atoms with Crippen LogP contribution in [0.2, 0.25) is 0 Å². The van der Waals surface area contributed by atoms with Crippen molar-refractivity contribution in [2.45, 2.75) is 25.4 Å². The number of hydrogen-bond acceptors (Lipinski definition) is 4. The number of ether oxygens (including phenoxy) is 1. The fourth-order valence-electron chi connectivity index (χ4n) is 2.77. The summed E-state index contributed by atoms with van der Waals surface area (Å²) < 4.78 is 5.46. The van der Waals surface area contributed by atoms with Gasteiger partial charge in [0.1, 0.15) is 5.75 Å². The lowest BCUT2D eigenvalue weighted by molar-refractivity contribution is -0.121. The molecule has 0 saturated heterocycles. The zero-order valence-electron chi connectivity index (χ0n) is 10.8. The van der Waals surface area contributed by atoms with E-state index >= 15 is 0 Å². The van der Waals surface area contributed by atoms with Gasteiger partial charge in [0.15, 0.2) is 6.61 Å². The second-order valence-corrected chi connectivity index (χ2v) is 5.40. The van der Waals surface area contributed by atoms with E-state index in [1.54, 1.807) is 0 Å². The summed E-state index contributed by atoms with van der Waals surface area (Å²) in [5.74, 6) is 1.29. The number of hydrogen-bond donors (Lipinski definition) is 2. The van der Waals surface area contributed by atoms with Gasteiger partial charge in [0.2, 0.25) is 0 Å². The number of nitrogens with zero attached hydrogens (tertiary/aromatic N) is 1. The van der Waals surface area contributed by atoms with E-state index in [2.05, 4.69) is 0 Å². The lowest BCUT2D eigenvalue weighted by Gasteiger charge is -2.38. The molecule has 102 valence electrons. The minimum absolute atomic E-state index is 0.0159. The predicted molar refractivity (Wildman–Crippen MR) is 72.9 cm³/mol. The summed E-state index contributed by atoms with van der Waals surface area (Å²) in [5, 5.41) is 0. The maximum absolute atomic E-state index is 12.1. The third-order valence-corrected chi connectivity index (χ3v) is 3.91. The first-order chi connectivity index (χ1) is 9.17. The average molecular weight is 261 g/mol. The van der Waals surface area contributed by atoms with Crippen LogP contribution in [0.3, 0.4) is 0 Å². The Kier molecular flexibility index (Phi) is 3.16. The largest absolute Gasteiger partial charge is 0.482 e. The molecule has 1 fully saturated rings. The van der Waals surface area contributed by atoms with E-state index < -0.39 is 0 Å². The maximum atomic E-state index is 12.1. The molecule has 5 nitrogen and oxygen atoms in total. The minimum atomic E-state index is 0.0159. The molecule has 3 rings (SSSR count). The van der Waals surface area contributed by atoms with E-state index in [0.29, 0.717) is 18.5 Å². The van der Waals surface area contributed by atoms with Crippen molar-refractivity contribution in [3.63, 3.8) is 0 Å². The van der Waals surface area contributed by atoms with Crippen molar-refractivity contribution < 1.29 is 9.53 Å². The Morgan fingerprint density at radius 2 is 2.16 bits per heavy atom. The van der Waals surface area contributed by atoms with Gasteiger partial charge in [-0.15, -0.1) is 0 Å². The molecule has 0 atom stereocenters. The van der Waals surface area contributed by atoms with E-state index in [1.807, 2.05) is 23.1 Å². The van der Waals surface area contributed by atoms with Crippen LogP contribution in [0, 0.1) is 5.92 Å². The van der Waals surface area contributed by atoms with Gasteiger partial charge in [-0.25, -0.2) is 0 Å². The molecule has 19 heavy (non-hydrogen) atoms. The van der Waals surface area contributed by atoms with E-state index in [-0.39, 0.29) is 12.5 Å². The molecule has 1 aliphatic carbocycles. The summed E-state index contributed by atoms with van der Waals surface area (Å²) >= 11 is 0. The number of fused-ring (bicyclic) bond motifs is 1. The number of amides is 1. The van der Waals surface area contributed by atoms with Crippen LogP contribution >= 0.6 is 0 Å². The molecule has 4 N–H and O–H groups in total. The Morgan fingerprint density at radius 1 is 1.37 bits per heavy atom. The monoisotopic (exact) mass is 261 g/mol. The molecule has 1 aromatic rings. The Hall–Kier alpha value is -1.59. The van der Waals surface area contributed by atoms with Gasteiger partial charge in [-0.2, -0.15) is 0 Å². The molecule has 5 heteroatoms. The molecule has 1 heterocycles. The Morgan fingerprint density at radius 3 is 2.84 bits per heavy atom. The van der Waals surface area contributed by atoms with Gasteiger partial charge in [0.25, 0.3) is 5.91 Å². The normalized spacial score (nSPS) is 25.6. The highest BCUT2D eigenvalue weighted by molar-refractivity contribution is 5.97. The SMILES string of the molecule is NCc1ccc2c(c1)N(CC1CC(N)C1)C(=O)CO2. The van der Waals surface area contributed by atoms with Crippen molar-refractivity contribution in [1.82, 2.24) is 0 Å². The fraction of sp³-hybridized carbons (Fsp3) is 0.500. The van der Waals surface area contributed by atoms with Gasteiger partial charge in [0, 0.05) is 19.1 Å². The molecule has 2 aliphatic rings. The third kappa shape index (κ3) is 2.31. The van der Waals surface area contributed by atoms with Gasteiger partial charge in [-0.3, -0.25) is 4.79 Å². The first-order valence-electron chi connectivity index (χ1n) is 6.69. The molecule has 0 aromatic heterocycles. The van der Waals surface area contributed by atoms with Crippen LogP contribution in [0.4, 0.5) is 5.69 Å². The summed E-state index contributed by atoms with van der Waals surface area (Å²) in [6.45, 7) is 1.31. The van der Waals surface area contributed by atoms with Crippen LogP contribution in [-0.4, -0.2) is 25.1 Å². The zero-order valence-corrected chi connectivity index (χ0v) is 10.8. The number of rotatable bonds is 3. The summed E-state index contributed by atoms with van der Waals surface area (Å²) in [7, 11) is 0. The Bertz CT molecular complexity index is 497. The molecule has 1 amide bonds. The van der Waals surface area contributed by atoms with Crippen LogP contribution in [0.5, 0.6) is 5.75 Å². The number of anilines is 1. The van der Waals surface area contributed by atoms with E-state index in [0.717, 1.165) is 36.4 Å². The highest BCUT2D eigenvalue weighted by Gasteiger charge is 2.33. The smallest absolute Gasteiger partial charge is 0.265 e. The predicted octanol–water partition coefficient (Wildman–Crippen LogP) is 0.608. The Balaban J connectivity index is 1.85. The van der Waals surface area contributed by atoms with E-state index in [9.17, 15) is 4.79 Å². The average Bonchev–Trinajstić information content (AvgIpc) is 2.39. The molecule has 1 aliphatic heterocycles. The van der Waals surface area contributed by atoms with Crippen molar-refractivity contribution in [2.24, 2.45) is 17.4 Å². The van der Waals surface area contributed by atoms with E-state index in [1.165, 1.54) is 0 Å². The van der Waals surface area contributed by atoms with Crippen molar-refractivity contribution in [1.29, 1.82) is 0 Å². The van der Waals surface area contributed by atoms with Gasteiger partial charge in [-0.1, -0.05) is 6.07 Å². The summed E-state index contributed by atoms with van der Waals surface area (Å²) in [6, 6.07) is 6.08. The maximum Gasteiger partial charge on any atom is 0.265 e. The van der Waals surface area contributed by atoms with E-state index in [4.69, 9.17) is 16.2 Å². The lowest BCUT2D eigenvalue weighted by Crippen LogP contribution is -2.47. The quantitative estimate of drug-likeness (QED) is 0.835. The second kappa shape index (κ2) is 4.83. The summed E-state index contributed by atoms with van der Waals surface area (Å²) in [5.41, 5.74) is 13.3. The van der Waals surface area contributed by atoms with Crippen molar-refractivity contribution >= 4 is 11.6 Å². The number of nitrogens with two attached hydrogens (primary N) is 2. The number of carbonyl (C=O) groups is 1. The van der Waals surface area contributed by atoms with Crippen LogP contribution in [0.25, 0.3) is 0 Å². The lowest BCUT2D eigenvalue weighted by atomic mass is 9.80. The fourth-order valence-corrected chi connectivity index (χ4v) is 2.77. The summed E-state index contributed by atoms with van der Waals surface area (Å²) in [4.78, 5) is 13.9. The van der Waals surface area contributed by atoms with Gasteiger partial charge >= 0.3 is 0 Å². The first-order valence-corrected chi connectivity index (χ1v) is 6.69. The van der Waals surface area contributed by atoms with Gasteiger partial charge in [0.05, 0.1) is 5.69 Å². The molecule has 0 spiro atoms. The molecule has 1 aromatic carbocycles. The highest BCUT2D eigenvalue weighted by Crippen LogP contribution is 2.36. The molecule has 0 bridgehead atoms. The first kappa shape index (κ1) is 12.4. The third-order valence-electron chi connectivity index (χ3n) is 3.91. The zero-order chi connectivity index (χ0) is 13.4. The summed E-state index contributed by atoms with van der Waals surface area (Å²) in [6.07, 6.45) is 1.99. The van der Waals surface area contributed by atoms with Crippen molar-refractivity contribution in [3.05, 3.63) is 23.8 Å². The number of benzene rings is 1.